The second-order valence-corrected chi connectivity index (χ2v) is 8.50. The zero-order valence-corrected chi connectivity index (χ0v) is 17.6. The molecular formula is C22H24F3N5O2. The number of urea groups is 1. The maximum absolute atomic E-state index is 15.1. The van der Waals surface area contributed by atoms with E-state index in [1.54, 1.807) is 6.07 Å². The van der Waals surface area contributed by atoms with Gasteiger partial charge in [0.05, 0.1) is 17.8 Å². The number of aliphatic hydroxyl groups is 1. The highest BCUT2D eigenvalue weighted by Gasteiger charge is 2.44. The van der Waals surface area contributed by atoms with Crippen LogP contribution in [0.2, 0.25) is 0 Å². The van der Waals surface area contributed by atoms with Crippen LogP contribution in [0, 0.1) is 23.1 Å². The summed E-state index contributed by atoms with van der Waals surface area (Å²) in [5.74, 6) is -3.85. The molecule has 0 saturated heterocycles. The molecule has 7 nitrogen and oxygen atoms in total. The summed E-state index contributed by atoms with van der Waals surface area (Å²) in [5, 5.41) is 25.3. The van der Waals surface area contributed by atoms with E-state index in [2.05, 4.69) is 10.4 Å². The number of benzene rings is 1. The molecule has 2 aliphatic rings. The molecule has 2 aromatic rings. The number of carbonyl (C=O) groups excluding carboxylic acids is 1. The topological polar surface area (TPSA) is 94.2 Å². The number of aliphatic hydroxyl groups excluding tert-OH is 1. The summed E-state index contributed by atoms with van der Waals surface area (Å²) >= 11 is 0. The zero-order valence-electron chi connectivity index (χ0n) is 17.6. The normalized spacial score (nSPS) is 21.8. The predicted octanol–water partition coefficient (Wildman–Crippen LogP) is 3.76. The molecule has 2 amide bonds. The van der Waals surface area contributed by atoms with Gasteiger partial charge < -0.3 is 15.3 Å². The van der Waals surface area contributed by atoms with Crippen LogP contribution < -0.4 is 5.32 Å². The van der Waals surface area contributed by atoms with Crippen LogP contribution >= 0.6 is 0 Å². The highest BCUT2D eigenvalue weighted by atomic mass is 19.3. The monoisotopic (exact) mass is 447 g/mol. The van der Waals surface area contributed by atoms with E-state index >= 15 is 8.78 Å². The van der Waals surface area contributed by atoms with Crippen LogP contribution in [-0.2, 0) is 25.4 Å². The number of hydrogen-bond donors (Lipinski definition) is 2. The minimum Gasteiger partial charge on any atom is -0.396 e. The first-order valence-corrected chi connectivity index (χ1v) is 10.6. The van der Waals surface area contributed by atoms with Gasteiger partial charge in [-0.3, -0.25) is 4.68 Å². The molecular weight excluding hydrogens is 423 g/mol. The van der Waals surface area contributed by atoms with Gasteiger partial charge in [-0.25, -0.2) is 9.18 Å². The Morgan fingerprint density at radius 3 is 2.94 bits per heavy atom. The van der Waals surface area contributed by atoms with E-state index in [4.69, 9.17) is 5.26 Å². The molecule has 2 aliphatic heterocycles. The molecule has 10 heteroatoms. The molecule has 170 valence electrons. The number of carbonyl (C=O) groups is 1. The molecule has 3 heterocycles. The zero-order chi connectivity index (χ0) is 23.0. The van der Waals surface area contributed by atoms with Gasteiger partial charge in [-0.05, 0) is 43.9 Å². The molecule has 1 aromatic carbocycles. The summed E-state index contributed by atoms with van der Waals surface area (Å²) in [4.78, 5) is 14.4. The standard InChI is InChI=1S/C22H24F3N5O2/c1-13-8-19-17(20-22(24,25)6-4-14(5-7-31)11-30(20)28-19)12-29(13)21(32)27-16-2-3-18(23)15(9-16)10-26/h2-3,9,13-14,31H,4-8,11-12H2,1H3,(H,27,32)/t13-,14+/m1/s1. The van der Waals surface area contributed by atoms with Crippen molar-refractivity contribution >= 4 is 11.7 Å². The van der Waals surface area contributed by atoms with Crippen LogP contribution in [-0.4, -0.2) is 38.5 Å². The largest absolute Gasteiger partial charge is 0.396 e. The van der Waals surface area contributed by atoms with E-state index in [1.165, 1.54) is 21.7 Å². The van der Waals surface area contributed by atoms with Crippen LogP contribution in [0.15, 0.2) is 18.2 Å². The fourth-order valence-corrected chi connectivity index (χ4v) is 4.55. The Hall–Kier alpha value is -3.06. The lowest BCUT2D eigenvalue weighted by molar-refractivity contribution is -0.0223. The molecule has 1 aromatic heterocycles. The first-order valence-electron chi connectivity index (χ1n) is 10.6. The molecule has 2 N–H and O–H groups in total. The van der Waals surface area contributed by atoms with E-state index in [1.807, 2.05) is 6.92 Å². The molecule has 0 aliphatic carbocycles. The number of fused-ring (bicyclic) bond motifs is 3. The maximum Gasteiger partial charge on any atom is 0.322 e. The second kappa shape index (κ2) is 8.47. The van der Waals surface area contributed by atoms with Gasteiger partial charge in [-0.15, -0.1) is 0 Å². The summed E-state index contributed by atoms with van der Waals surface area (Å²) in [5.41, 5.74) is 0.832. The lowest BCUT2D eigenvalue weighted by Crippen LogP contribution is -2.45. The molecule has 0 saturated carbocycles. The van der Waals surface area contributed by atoms with Crippen molar-refractivity contribution in [1.82, 2.24) is 14.7 Å². The minimum atomic E-state index is -3.08. The third-order valence-electron chi connectivity index (χ3n) is 6.26. The number of nitrogens with one attached hydrogen (secondary N) is 1. The van der Waals surface area contributed by atoms with Crippen molar-refractivity contribution < 1.29 is 23.1 Å². The molecule has 4 rings (SSSR count). The van der Waals surface area contributed by atoms with Crippen LogP contribution in [0.4, 0.5) is 23.7 Å². The minimum absolute atomic E-state index is 0.0236. The van der Waals surface area contributed by atoms with E-state index in [0.717, 1.165) is 6.07 Å². The van der Waals surface area contributed by atoms with Crippen molar-refractivity contribution in [3.8, 4) is 6.07 Å². The van der Waals surface area contributed by atoms with Crippen LogP contribution in [0.1, 0.15) is 48.7 Å². The number of halogens is 3. The van der Waals surface area contributed by atoms with Gasteiger partial charge >= 0.3 is 6.03 Å². The van der Waals surface area contributed by atoms with Crippen molar-refractivity contribution in [1.29, 1.82) is 5.26 Å². The Morgan fingerprint density at radius 2 is 2.22 bits per heavy atom. The number of aromatic nitrogens is 2. The summed E-state index contributed by atoms with van der Waals surface area (Å²) in [6, 6.07) is 4.57. The van der Waals surface area contributed by atoms with Gasteiger partial charge in [0.2, 0.25) is 0 Å². The van der Waals surface area contributed by atoms with Crippen molar-refractivity contribution in [2.45, 2.75) is 57.7 Å². The Balaban J connectivity index is 1.61. The highest BCUT2D eigenvalue weighted by Crippen LogP contribution is 2.42. The molecule has 0 unspecified atom stereocenters. The summed E-state index contributed by atoms with van der Waals surface area (Å²) in [6.07, 6.45) is 0.728. The van der Waals surface area contributed by atoms with Gasteiger partial charge in [0.25, 0.3) is 5.92 Å². The van der Waals surface area contributed by atoms with Gasteiger partial charge in [0.1, 0.15) is 17.6 Å². The predicted molar refractivity (Wildman–Crippen MR) is 109 cm³/mol. The number of anilines is 1. The van der Waals surface area contributed by atoms with Crippen LogP contribution in [0.25, 0.3) is 0 Å². The molecule has 32 heavy (non-hydrogen) atoms. The van der Waals surface area contributed by atoms with Crippen LogP contribution in [0.5, 0.6) is 0 Å². The molecule has 2 atom stereocenters. The summed E-state index contributed by atoms with van der Waals surface area (Å²) < 4.78 is 45.1. The number of alkyl halides is 2. The molecule has 0 bridgehead atoms. The Morgan fingerprint density at radius 1 is 1.44 bits per heavy atom. The van der Waals surface area contributed by atoms with Crippen molar-refractivity contribution in [2.24, 2.45) is 5.92 Å². The lowest BCUT2D eigenvalue weighted by atomic mass is 9.95. The van der Waals surface area contributed by atoms with Gasteiger partial charge in [-0.2, -0.15) is 19.1 Å². The smallest absolute Gasteiger partial charge is 0.322 e. The Kier molecular flexibility index (Phi) is 5.86. The third-order valence-corrected chi connectivity index (χ3v) is 6.26. The van der Waals surface area contributed by atoms with Gasteiger partial charge in [0, 0.05) is 43.3 Å². The van der Waals surface area contributed by atoms with Gasteiger partial charge in [0.15, 0.2) is 0 Å². The second-order valence-electron chi connectivity index (χ2n) is 8.50. The average molecular weight is 447 g/mol. The lowest BCUT2D eigenvalue weighted by Gasteiger charge is -2.33. The number of nitrogens with zero attached hydrogens (tertiary/aromatic N) is 4. The number of nitriles is 1. The molecule has 0 spiro atoms. The third kappa shape index (κ3) is 4.05. The fourth-order valence-electron chi connectivity index (χ4n) is 4.55. The van der Waals surface area contributed by atoms with Crippen molar-refractivity contribution in [3.05, 3.63) is 46.5 Å². The van der Waals surface area contributed by atoms with Crippen molar-refractivity contribution in [3.63, 3.8) is 0 Å². The number of hydrogen-bond acceptors (Lipinski definition) is 4. The quantitative estimate of drug-likeness (QED) is 0.749. The van der Waals surface area contributed by atoms with E-state index in [9.17, 15) is 14.3 Å². The van der Waals surface area contributed by atoms with Crippen LogP contribution in [0.3, 0.4) is 0 Å². The first-order chi connectivity index (χ1) is 15.2. The van der Waals surface area contributed by atoms with E-state index < -0.39 is 17.8 Å². The fraction of sp³-hybridized carbons (Fsp3) is 0.500. The summed E-state index contributed by atoms with van der Waals surface area (Å²) in [7, 11) is 0. The first kappa shape index (κ1) is 22.1. The maximum atomic E-state index is 15.1. The Labute approximate surface area is 183 Å². The average Bonchev–Trinajstić information content (AvgIpc) is 3.04. The highest BCUT2D eigenvalue weighted by molar-refractivity contribution is 5.90. The van der Waals surface area contributed by atoms with E-state index in [-0.39, 0.29) is 54.9 Å². The van der Waals surface area contributed by atoms with Crippen molar-refractivity contribution in [2.75, 3.05) is 11.9 Å². The SMILES string of the molecule is C[C@@H]1Cc2nn3c(c2CN1C(=O)Nc1ccc(F)c(C#N)c1)C(F)(F)CC[C@@H](CCO)C3. The number of amides is 2. The van der Waals surface area contributed by atoms with Gasteiger partial charge in [-0.1, -0.05) is 0 Å². The van der Waals surface area contributed by atoms with E-state index in [0.29, 0.717) is 30.6 Å². The molecule has 0 fully saturated rings. The molecule has 0 radical (unpaired) electrons. The number of rotatable bonds is 3. The Bertz CT molecular complexity index is 1080. The summed E-state index contributed by atoms with van der Waals surface area (Å²) in [6.45, 7) is 2.04.